The lowest BCUT2D eigenvalue weighted by Crippen LogP contribution is -2.14. The van der Waals surface area contributed by atoms with Crippen LogP contribution in [0.25, 0.3) is 23.0 Å². The van der Waals surface area contributed by atoms with E-state index in [-0.39, 0.29) is 17.5 Å². The van der Waals surface area contributed by atoms with Crippen LogP contribution in [0, 0.1) is 0 Å². The van der Waals surface area contributed by atoms with E-state index in [4.69, 9.17) is 11.6 Å². The second kappa shape index (κ2) is 5.92. The molecule has 0 amide bonds. The summed E-state index contributed by atoms with van der Waals surface area (Å²) in [5.74, 6) is 1.05. The lowest BCUT2D eigenvalue weighted by molar-refractivity contribution is 0.504. The zero-order valence-corrected chi connectivity index (χ0v) is 14.9. The summed E-state index contributed by atoms with van der Waals surface area (Å²) in [6.45, 7) is 0. The summed E-state index contributed by atoms with van der Waals surface area (Å²) in [5.41, 5.74) is 1.08. The van der Waals surface area contributed by atoms with Crippen molar-refractivity contribution in [2.75, 3.05) is 11.5 Å². The quantitative estimate of drug-likeness (QED) is 0.689. The van der Waals surface area contributed by atoms with Crippen LogP contribution in [0.3, 0.4) is 0 Å². The van der Waals surface area contributed by atoms with Crippen LogP contribution in [-0.2, 0) is 16.9 Å². The molecule has 10 heteroatoms. The van der Waals surface area contributed by atoms with Crippen molar-refractivity contribution in [3.8, 4) is 23.0 Å². The van der Waals surface area contributed by atoms with Gasteiger partial charge in [-0.3, -0.25) is 9.67 Å². The number of rotatable bonds is 3. The van der Waals surface area contributed by atoms with Gasteiger partial charge in [-0.2, -0.15) is 5.10 Å². The van der Waals surface area contributed by atoms with Gasteiger partial charge in [0.05, 0.1) is 22.6 Å². The Labute approximate surface area is 149 Å². The van der Waals surface area contributed by atoms with Gasteiger partial charge in [-0.15, -0.1) is 5.10 Å². The fourth-order valence-corrected chi connectivity index (χ4v) is 4.80. The Balaban J connectivity index is 1.86. The van der Waals surface area contributed by atoms with E-state index in [1.807, 2.05) is 0 Å². The second-order valence-corrected chi connectivity index (χ2v) is 8.60. The Bertz CT molecular complexity index is 1040. The molecule has 130 valence electrons. The third kappa shape index (κ3) is 3.05. The van der Waals surface area contributed by atoms with Crippen LogP contribution in [0.5, 0.6) is 0 Å². The van der Waals surface area contributed by atoms with Gasteiger partial charge in [0.25, 0.3) is 0 Å². The molecule has 0 aliphatic carbocycles. The van der Waals surface area contributed by atoms with E-state index < -0.39 is 9.84 Å². The van der Waals surface area contributed by atoms with Crippen molar-refractivity contribution in [1.29, 1.82) is 0 Å². The van der Waals surface area contributed by atoms with Crippen molar-refractivity contribution in [3.05, 3.63) is 35.6 Å². The first-order chi connectivity index (χ1) is 11.9. The van der Waals surface area contributed by atoms with E-state index in [0.29, 0.717) is 34.5 Å². The van der Waals surface area contributed by atoms with E-state index in [2.05, 4.69) is 20.2 Å². The summed E-state index contributed by atoms with van der Waals surface area (Å²) >= 11 is 6.27. The molecule has 25 heavy (non-hydrogen) atoms. The van der Waals surface area contributed by atoms with Gasteiger partial charge >= 0.3 is 0 Å². The first kappa shape index (κ1) is 16.2. The molecule has 1 atom stereocenters. The van der Waals surface area contributed by atoms with Crippen molar-refractivity contribution in [2.45, 2.75) is 12.5 Å². The van der Waals surface area contributed by atoms with Crippen LogP contribution in [0.4, 0.5) is 0 Å². The van der Waals surface area contributed by atoms with Crippen LogP contribution in [-0.4, -0.2) is 49.5 Å². The van der Waals surface area contributed by atoms with E-state index in [1.165, 1.54) is 0 Å². The smallest absolute Gasteiger partial charge is 0.202 e. The van der Waals surface area contributed by atoms with Crippen LogP contribution in [0.1, 0.15) is 12.5 Å². The molecule has 3 aromatic heterocycles. The summed E-state index contributed by atoms with van der Waals surface area (Å²) in [4.78, 5) is 8.85. The molecule has 1 fully saturated rings. The topological polar surface area (TPSA) is 95.6 Å². The Morgan fingerprint density at radius 2 is 2.12 bits per heavy atom. The molecule has 4 heterocycles. The Kier molecular flexibility index (Phi) is 3.84. The first-order valence-corrected chi connectivity index (χ1v) is 9.91. The van der Waals surface area contributed by atoms with Gasteiger partial charge in [0.15, 0.2) is 15.7 Å². The highest BCUT2D eigenvalue weighted by molar-refractivity contribution is 7.91. The summed E-state index contributed by atoms with van der Waals surface area (Å²) in [5, 5.41) is 9.27. The Morgan fingerprint density at radius 3 is 2.76 bits per heavy atom. The summed E-state index contributed by atoms with van der Waals surface area (Å²) in [6, 6.07) is 4.96. The second-order valence-electron chi connectivity index (χ2n) is 5.97. The molecule has 0 saturated carbocycles. The predicted octanol–water partition coefficient (Wildman–Crippen LogP) is 1.75. The maximum absolute atomic E-state index is 11.9. The third-order valence-corrected chi connectivity index (χ3v) is 6.15. The highest BCUT2D eigenvalue weighted by Crippen LogP contribution is 2.32. The average molecular weight is 379 g/mol. The third-order valence-electron chi connectivity index (χ3n) is 4.10. The summed E-state index contributed by atoms with van der Waals surface area (Å²) < 4.78 is 27.1. The number of aryl methyl sites for hydroxylation is 1. The number of hydrogen-bond acceptors (Lipinski definition) is 6. The molecule has 0 spiro atoms. The van der Waals surface area contributed by atoms with Gasteiger partial charge in [0.2, 0.25) is 5.82 Å². The average Bonchev–Trinajstić information content (AvgIpc) is 3.26. The van der Waals surface area contributed by atoms with Crippen LogP contribution < -0.4 is 0 Å². The van der Waals surface area contributed by atoms with Crippen molar-refractivity contribution < 1.29 is 8.42 Å². The standard InChI is InChI=1S/C15H15ClN6O2S/c1-21-7-4-12(19-21)14-18-15(13-11(16)3-2-6-17-13)22(20-14)10-5-8-25(23,24)9-10/h2-4,6-7,10H,5,8-9H2,1H3. The van der Waals surface area contributed by atoms with Gasteiger partial charge in [-0.1, -0.05) is 11.6 Å². The number of hydrogen-bond donors (Lipinski definition) is 0. The fraction of sp³-hybridized carbons (Fsp3) is 0.333. The molecule has 1 unspecified atom stereocenters. The predicted molar refractivity (Wildman–Crippen MR) is 92.8 cm³/mol. The molecule has 8 nitrogen and oxygen atoms in total. The van der Waals surface area contributed by atoms with Crippen LogP contribution >= 0.6 is 11.6 Å². The van der Waals surface area contributed by atoms with Gasteiger partial charge in [-0.05, 0) is 24.6 Å². The molecule has 0 radical (unpaired) electrons. The number of aromatic nitrogens is 6. The lowest BCUT2D eigenvalue weighted by Gasteiger charge is -2.11. The molecule has 0 N–H and O–H groups in total. The lowest BCUT2D eigenvalue weighted by atomic mass is 10.2. The molecule has 4 rings (SSSR count). The maximum Gasteiger partial charge on any atom is 0.202 e. The number of nitrogens with zero attached hydrogens (tertiary/aromatic N) is 6. The molecule has 1 aliphatic rings. The SMILES string of the molecule is Cn1ccc(-c2nc(-c3ncccc3Cl)n(C3CCS(=O)(=O)C3)n2)n1. The van der Waals surface area contributed by atoms with E-state index >= 15 is 0 Å². The maximum atomic E-state index is 11.9. The zero-order valence-electron chi connectivity index (χ0n) is 13.4. The highest BCUT2D eigenvalue weighted by atomic mass is 35.5. The van der Waals surface area contributed by atoms with E-state index in [9.17, 15) is 8.42 Å². The first-order valence-electron chi connectivity index (χ1n) is 7.71. The number of halogens is 1. The fourth-order valence-electron chi connectivity index (χ4n) is 2.90. The van der Waals surface area contributed by atoms with Crippen molar-refractivity contribution in [1.82, 2.24) is 29.5 Å². The molecule has 0 bridgehead atoms. The Hall–Kier alpha value is -2.26. The van der Waals surface area contributed by atoms with Crippen LogP contribution in [0.2, 0.25) is 5.02 Å². The largest absolute Gasteiger partial charge is 0.275 e. The van der Waals surface area contributed by atoms with E-state index in [0.717, 1.165) is 0 Å². The van der Waals surface area contributed by atoms with Gasteiger partial charge in [-0.25, -0.2) is 18.1 Å². The normalized spacial score (nSPS) is 19.4. The molecule has 3 aromatic rings. The van der Waals surface area contributed by atoms with Crippen molar-refractivity contribution in [3.63, 3.8) is 0 Å². The summed E-state index contributed by atoms with van der Waals surface area (Å²) in [6.07, 6.45) is 3.90. The van der Waals surface area contributed by atoms with E-state index in [1.54, 1.807) is 47.0 Å². The zero-order chi connectivity index (χ0) is 17.6. The van der Waals surface area contributed by atoms with Gasteiger partial charge in [0.1, 0.15) is 11.4 Å². The minimum atomic E-state index is -3.07. The van der Waals surface area contributed by atoms with Crippen molar-refractivity contribution in [2.24, 2.45) is 7.05 Å². The monoisotopic (exact) mass is 378 g/mol. The Morgan fingerprint density at radius 1 is 1.28 bits per heavy atom. The molecule has 0 aromatic carbocycles. The van der Waals surface area contributed by atoms with Crippen LogP contribution in [0.15, 0.2) is 30.6 Å². The molecular formula is C15H15ClN6O2S. The minimum absolute atomic E-state index is 0.0372. The van der Waals surface area contributed by atoms with Gasteiger partial charge in [0, 0.05) is 19.4 Å². The molecular weight excluding hydrogens is 364 g/mol. The molecule has 1 saturated heterocycles. The highest BCUT2D eigenvalue weighted by Gasteiger charge is 2.33. The minimum Gasteiger partial charge on any atom is -0.275 e. The van der Waals surface area contributed by atoms with Gasteiger partial charge < -0.3 is 0 Å². The number of sulfone groups is 1. The van der Waals surface area contributed by atoms with Crippen molar-refractivity contribution >= 4 is 21.4 Å². The summed E-state index contributed by atoms with van der Waals surface area (Å²) in [7, 11) is -1.26. The number of pyridine rings is 1. The molecule has 1 aliphatic heterocycles.